The van der Waals surface area contributed by atoms with E-state index in [0.717, 1.165) is 17.9 Å². The van der Waals surface area contributed by atoms with Gasteiger partial charge in [0.25, 0.3) is 0 Å². The van der Waals surface area contributed by atoms with Crippen LogP contribution < -0.4 is 5.32 Å². The molecule has 1 fully saturated rings. The quantitative estimate of drug-likeness (QED) is 0.733. The van der Waals surface area contributed by atoms with E-state index in [2.05, 4.69) is 41.2 Å². The molecule has 2 aliphatic carbocycles. The molecule has 3 heteroatoms. The molecule has 0 bridgehead atoms. The van der Waals surface area contributed by atoms with Crippen LogP contribution in [0.25, 0.3) is 0 Å². The minimum atomic E-state index is 0.602. The second kappa shape index (κ2) is 6.50. The Labute approximate surface area is 135 Å². The van der Waals surface area contributed by atoms with E-state index in [1.807, 2.05) is 11.3 Å². The van der Waals surface area contributed by atoms with Gasteiger partial charge in [-0.15, -0.1) is 11.3 Å². The largest absolute Gasteiger partial charge is 0.307 e. The zero-order valence-electron chi connectivity index (χ0n) is 12.6. The lowest BCUT2D eigenvalue weighted by Gasteiger charge is -2.38. The van der Waals surface area contributed by atoms with Crippen LogP contribution in [0.2, 0.25) is 0 Å². The van der Waals surface area contributed by atoms with Gasteiger partial charge < -0.3 is 5.32 Å². The van der Waals surface area contributed by atoms with Crippen molar-refractivity contribution in [3.63, 3.8) is 0 Å². The molecule has 0 radical (unpaired) electrons. The van der Waals surface area contributed by atoms with Crippen LogP contribution in [0.15, 0.2) is 9.85 Å². The summed E-state index contributed by atoms with van der Waals surface area (Å²) >= 11 is 5.61. The molecule has 1 aromatic heterocycles. The average molecular weight is 356 g/mol. The second-order valence-corrected chi connectivity index (χ2v) is 9.36. The molecule has 3 rings (SSSR count). The summed E-state index contributed by atoms with van der Waals surface area (Å²) in [5.41, 5.74) is 1.58. The zero-order valence-corrected chi connectivity index (χ0v) is 15.0. The van der Waals surface area contributed by atoms with Crippen molar-refractivity contribution >= 4 is 27.3 Å². The number of nitrogens with one attached hydrogen (secondary N) is 1. The van der Waals surface area contributed by atoms with Crippen LogP contribution in [-0.2, 0) is 6.42 Å². The Balaban J connectivity index is 1.74. The smallest absolute Gasteiger partial charge is 0.0704 e. The first-order valence-corrected chi connectivity index (χ1v) is 9.80. The maximum atomic E-state index is 4.04. The molecule has 1 heterocycles. The van der Waals surface area contributed by atoms with E-state index in [9.17, 15) is 0 Å². The highest BCUT2D eigenvalue weighted by molar-refractivity contribution is 9.11. The van der Waals surface area contributed by atoms with Crippen molar-refractivity contribution < 1.29 is 0 Å². The van der Waals surface area contributed by atoms with Crippen LogP contribution in [-0.4, -0.2) is 6.04 Å². The van der Waals surface area contributed by atoms with Crippen LogP contribution in [0.3, 0.4) is 0 Å². The zero-order chi connectivity index (χ0) is 14.1. The molecule has 1 N–H and O–H groups in total. The first-order chi connectivity index (χ1) is 9.65. The second-order valence-electron chi connectivity index (χ2n) is 6.84. The summed E-state index contributed by atoms with van der Waals surface area (Å²) in [4.78, 5) is 1.61. The van der Waals surface area contributed by atoms with Crippen molar-refractivity contribution in [3.8, 4) is 0 Å². The van der Waals surface area contributed by atoms with Gasteiger partial charge in [0.05, 0.1) is 3.79 Å². The minimum absolute atomic E-state index is 0.602. The molecule has 0 saturated heterocycles. The van der Waals surface area contributed by atoms with Gasteiger partial charge in [-0.1, -0.05) is 26.7 Å². The highest BCUT2D eigenvalue weighted by atomic mass is 79.9. The van der Waals surface area contributed by atoms with Gasteiger partial charge in [-0.3, -0.25) is 0 Å². The maximum absolute atomic E-state index is 4.04. The fourth-order valence-electron chi connectivity index (χ4n) is 4.12. The number of aryl methyl sites for hydroxylation is 1. The molecular formula is C17H26BrNS. The molecule has 1 nitrogen and oxygen atoms in total. The molecular weight excluding hydrogens is 330 g/mol. The van der Waals surface area contributed by atoms with E-state index in [4.69, 9.17) is 0 Å². The number of halogens is 1. The highest BCUT2D eigenvalue weighted by Gasteiger charge is 2.31. The first-order valence-electron chi connectivity index (χ1n) is 8.19. The predicted molar refractivity (Wildman–Crippen MR) is 91.4 cm³/mol. The Morgan fingerprint density at radius 3 is 2.80 bits per heavy atom. The van der Waals surface area contributed by atoms with Gasteiger partial charge in [-0.2, -0.15) is 0 Å². The molecule has 0 aromatic carbocycles. The summed E-state index contributed by atoms with van der Waals surface area (Å²) in [6, 6.07) is 3.70. The molecule has 2 aliphatic rings. The molecule has 20 heavy (non-hydrogen) atoms. The Morgan fingerprint density at radius 2 is 2.00 bits per heavy atom. The summed E-state index contributed by atoms with van der Waals surface area (Å²) < 4.78 is 1.31. The van der Waals surface area contributed by atoms with Gasteiger partial charge in [-0.25, -0.2) is 0 Å². The summed E-state index contributed by atoms with van der Waals surface area (Å²) in [7, 11) is 0. The van der Waals surface area contributed by atoms with Crippen LogP contribution in [0.5, 0.6) is 0 Å². The van der Waals surface area contributed by atoms with Crippen molar-refractivity contribution in [2.75, 3.05) is 0 Å². The van der Waals surface area contributed by atoms with E-state index in [-0.39, 0.29) is 0 Å². The van der Waals surface area contributed by atoms with Crippen molar-refractivity contribution in [1.29, 1.82) is 0 Å². The minimum Gasteiger partial charge on any atom is -0.307 e. The highest BCUT2D eigenvalue weighted by Crippen LogP contribution is 2.40. The lowest BCUT2D eigenvalue weighted by molar-refractivity contribution is 0.187. The summed E-state index contributed by atoms with van der Waals surface area (Å²) in [6.07, 6.45) is 9.58. The van der Waals surface area contributed by atoms with Crippen LogP contribution in [0.4, 0.5) is 0 Å². The lowest BCUT2D eigenvalue weighted by Crippen LogP contribution is -2.43. The third-order valence-corrected chi connectivity index (χ3v) is 6.89. The Hall–Kier alpha value is 0.140. The number of rotatable bonds is 3. The van der Waals surface area contributed by atoms with Crippen molar-refractivity contribution in [3.05, 3.63) is 20.3 Å². The third-order valence-electron chi connectivity index (χ3n) is 5.17. The van der Waals surface area contributed by atoms with Crippen molar-refractivity contribution in [2.24, 2.45) is 11.8 Å². The number of fused-ring (bicyclic) bond motifs is 1. The van der Waals surface area contributed by atoms with E-state index < -0.39 is 0 Å². The van der Waals surface area contributed by atoms with E-state index in [0.29, 0.717) is 6.04 Å². The molecule has 3 unspecified atom stereocenters. The predicted octanol–water partition coefficient (Wildman–Crippen LogP) is 5.69. The number of thiophene rings is 1. The lowest BCUT2D eigenvalue weighted by atomic mass is 9.77. The van der Waals surface area contributed by atoms with Gasteiger partial charge in [-0.05, 0) is 71.5 Å². The molecule has 3 atom stereocenters. The number of hydrogen-bond donors (Lipinski definition) is 1. The van der Waals surface area contributed by atoms with Gasteiger partial charge >= 0.3 is 0 Å². The molecule has 0 spiro atoms. The van der Waals surface area contributed by atoms with Crippen LogP contribution in [0.1, 0.15) is 68.9 Å². The van der Waals surface area contributed by atoms with Crippen LogP contribution >= 0.6 is 27.3 Å². The van der Waals surface area contributed by atoms with E-state index >= 15 is 0 Å². The van der Waals surface area contributed by atoms with Gasteiger partial charge in [0.2, 0.25) is 0 Å². The summed E-state index contributed by atoms with van der Waals surface area (Å²) in [5, 5.41) is 4.04. The van der Waals surface area contributed by atoms with Gasteiger partial charge in [0.15, 0.2) is 0 Å². The Bertz CT molecular complexity index is 454. The first kappa shape index (κ1) is 15.1. The van der Waals surface area contributed by atoms with Crippen molar-refractivity contribution in [2.45, 2.75) is 70.9 Å². The summed E-state index contributed by atoms with van der Waals surface area (Å²) in [5.74, 6) is 1.68. The molecule has 1 aromatic rings. The average Bonchev–Trinajstić information content (AvgIpc) is 2.80. The van der Waals surface area contributed by atoms with E-state index in [1.165, 1.54) is 48.7 Å². The molecule has 0 amide bonds. The molecule has 112 valence electrons. The fourth-order valence-corrected chi connectivity index (χ4v) is 5.94. The fraction of sp³-hybridized carbons (Fsp3) is 0.765. The Kier molecular flexibility index (Phi) is 4.89. The Morgan fingerprint density at radius 1 is 1.20 bits per heavy atom. The molecule has 1 saturated carbocycles. The maximum Gasteiger partial charge on any atom is 0.0704 e. The summed E-state index contributed by atoms with van der Waals surface area (Å²) in [6.45, 7) is 4.80. The third kappa shape index (κ3) is 3.15. The van der Waals surface area contributed by atoms with E-state index in [1.54, 1.807) is 10.4 Å². The van der Waals surface area contributed by atoms with Gasteiger partial charge in [0.1, 0.15) is 0 Å². The van der Waals surface area contributed by atoms with Crippen molar-refractivity contribution in [1.82, 2.24) is 5.32 Å². The standard InChI is InChI=1S/C17H26BrNS/c1-11(2)12-6-3-4-7-14(12)19-15-8-5-9-16-13(15)10-17(18)20-16/h10-12,14-15,19H,3-9H2,1-2H3. The topological polar surface area (TPSA) is 12.0 Å². The molecule has 0 aliphatic heterocycles. The monoisotopic (exact) mass is 355 g/mol. The van der Waals surface area contributed by atoms with Crippen LogP contribution in [0, 0.1) is 11.8 Å². The SMILES string of the molecule is CC(C)C1CCCCC1NC1CCCc2sc(Br)cc21. The normalized spacial score (nSPS) is 30.5. The number of hydrogen-bond acceptors (Lipinski definition) is 2. The van der Waals surface area contributed by atoms with Gasteiger partial charge in [0, 0.05) is 17.0 Å².